The van der Waals surface area contributed by atoms with Crippen LogP contribution in [0.5, 0.6) is 5.75 Å². The maximum Gasteiger partial charge on any atom is 0.127 e. The molecular formula is C22H19FOS. The maximum absolute atomic E-state index is 13.4. The molecule has 0 amide bonds. The number of benzene rings is 2. The van der Waals surface area contributed by atoms with Gasteiger partial charge >= 0.3 is 0 Å². The normalized spacial score (nSPS) is 11.0. The zero-order valence-corrected chi connectivity index (χ0v) is 15.1. The van der Waals surface area contributed by atoms with Gasteiger partial charge in [-0.15, -0.1) is 11.3 Å². The predicted molar refractivity (Wildman–Crippen MR) is 106 cm³/mol. The van der Waals surface area contributed by atoms with Gasteiger partial charge in [-0.2, -0.15) is 0 Å². The Morgan fingerprint density at radius 1 is 1.16 bits per heavy atom. The Balaban J connectivity index is 1.86. The first kappa shape index (κ1) is 17.2. The van der Waals surface area contributed by atoms with Gasteiger partial charge in [0.05, 0.1) is 7.11 Å². The molecule has 3 heteroatoms. The highest BCUT2D eigenvalue weighted by molar-refractivity contribution is 7.13. The van der Waals surface area contributed by atoms with Crippen LogP contribution in [-0.4, -0.2) is 7.11 Å². The van der Waals surface area contributed by atoms with Crippen molar-refractivity contribution in [2.24, 2.45) is 0 Å². The van der Waals surface area contributed by atoms with Crippen LogP contribution in [0.4, 0.5) is 4.39 Å². The van der Waals surface area contributed by atoms with E-state index in [2.05, 4.69) is 24.1 Å². The average Bonchev–Trinajstić information content (AvgIpc) is 3.16. The number of halogens is 1. The number of methoxy groups -OCH3 is 1. The Kier molecular flexibility index (Phi) is 5.15. The summed E-state index contributed by atoms with van der Waals surface area (Å²) in [7, 11) is 1.66. The van der Waals surface area contributed by atoms with Crippen LogP contribution < -0.4 is 4.74 Å². The van der Waals surface area contributed by atoms with E-state index in [1.807, 2.05) is 36.4 Å². The number of rotatable bonds is 5. The Bertz CT molecular complexity index is 923. The Morgan fingerprint density at radius 2 is 2.00 bits per heavy atom. The summed E-state index contributed by atoms with van der Waals surface area (Å²) in [6, 6.07) is 15.3. The van der Waals surface area contributed by atoms with Gasteiger partial charge in [0, 0.05) is 10.4 Å². The maximum atomic E-state index is 13.4. The van der Waals surface area contributed by atoms with Crippen LogP contribution in [-0.2, 0) is 0 Å². The highest BCUT2D eigenvalue weighted by Gasteiger charge is 2.08. The summed E-state index contributed by atoms with van der Waals surface area (Å²) < 4.78 is 18.9. The molecule has 0 N–H and O–H groups in total. The highest BCUT2D eigenvalue weighted by atomic mass is 32.1. The van der Waals surface area contributed by atoms with Crippen LogP contribution in [0.25, 0.3) is 22.1 Å². The van der Waals surface area contributed by atoms with E-state index in [1.54, 1.807) is 31.4 Å². The number of thiophene rings is 1. The summed E-state index contributed by atoms with van der Waals surface area (Å²) in [5.41, 5.74) is 4.48. The van der Waals surface area contributed by atoms with Crippen LogP contribution >= 0.6 is 11.3 Å². The molecule has 0 unspecified atom stereocenters. The second-order valence-electron chi connectivity index (χ2n) is 5.76. The van der Waals surface area contributed by atoms with E-state index in [9.17, 15) is 4.39 Å². The molecule has 0 aliphatic rings. The predicted octanol–water partition coefficient (Wildman–Crippen LogP) is 6.60. The molecule has 0 bridgehead atoms. The molecule has 3 rings (SSSR count). The molecular weight excluding hydrogens is 331 g/mol. The standard InChI is InChI=1S/C22H19FOS/c1-15(6-7-17-8-11-20(23)16(2)13-17)19-10-9-18(14-21(19)24-3)22-5-4-12-25-22/h4-14H,1H2,2-3H3/b7-6+. The summed E-state index contributed by atoms with van der Waals surface area (Å²) in [5, 5.41) is 2.06. The van der Waals surface area contributed by atoms with Gasteiger partial charge in [-0.25, -0.2) is 4.39 Å². The summed E-state index contributed by atoms with van der Waals surface area (Å²) in [6.07, 6.45) is 3.86. The third kappa shape index (κ3) is 3.89. The lowest BCUT2D eigenvalue weighted by molar-refractivity contribution is 0.414. The minimum atomic E-state index is -0.193. The van der Waals surface area contributed by atoms with E-state index in [4.69, 9.17) is 4.74 Å². The first-order valence-electron chi connectivity index (χ1n) is 7.94. The fourth-order valence-electron chi connectivity index (χ4n) is 2.61. The average molecular weight is 350 g/mol. The molecule has 2 aromatic carbocycles. The molecule has 1 nitrogen and oxygen atoms in total. The monoisotopic (exact) mass is 350 g/mol. The largest absolute Gasteiger partial charge is 0.496 e. The third-order valence-electron chi connectivity index (χ3n) is 4.01. The Labute approximate surface area is 151 Å². The molecule has 25 heavy (non-hydrogen) atoms. The zero-order chi connectivity index (χ0) is 17.8. The van der Waals surface area contributed by atoms with Crippen molar-refractivity contribution in [1.82, 2.24) is 0 Å². The minimum Gasteiger partial charge on any atom is -0.496 e. The summed E-state index contributed by atoms with van der Waals surface area (Å²) in [4.78, 5) is 1.20. The van der Waals surface area contributed by atoms with Gasteiger partial charge in [0.25, 0.3) is 0 Å². The summed E-state index contributed by atoms with van der Waals surface area (Å²) in [5.74, 6) is 0.595. The van der Waals surface area contributed by atoms with Crippen molar-refractivity contribution in [2.75, 3.05) is 7.11 Å². The molecule has 0 aliphatic carbocycles. The quantitative estimate of drug-likeness (QED) is 0.471. The van der Waals surface area contributed by atoms with Crippen LogP contribution in [0.2, 0.25) is 0 Å². The van der Waals surface area contributed by atoms with Gasteiger partial charge in [0.15, 0.2) is 0 Å². The lowest BCUT2D eigenvalue weighted by Gasteiger charge is -2.10. The molecule has 0 saturated carbocycles. The molecule has 0 saturated heterocycles. The molecule has 0 fully saturated rings. The van der Waals surface area contributed by atoms with E-state index >= 15 is 0 Å². The van der Waals surface area contributed by atoms with Crippen LogP contribution in [0.1, 0.15) is 16.7 Å². The lowest BCUT2D eigenvalue weighted by atomic mass is 10.0. The van der Waals surface area contributed by atoms with Crippen LogP contribution in [0.15, 0.2) is 66.6 Å². The van der Waals surface area contributed by atoms with Crippen LogP contribution in [0.3, 0.4) is 0 Å². The number of allylic oxidation sites excluding steroid dienone is 2. The molecule has 0 radical (unpaired) electrons. The fraction of sp³-hybridized carbons (Fsp3) is 0.0909. The fourth-order valence-corrected chi connectivity index (χ4v) is 3.33. The van der Waals surface area contributed by atoms with E-state index in [-0.39, 0.29) is 5.82 Å². The second kappa shape index (κ2) is 7.49. The number of hydrogen-bond donors (Lipinski definition) is 0. The second-order valence-corrected chi connectivity index (χ2v) is 6.71. The molecule has 1 aromatic heterocycles. The van der Waals surface area contributed by atoms with Gasteiger partial charge in [-0.05, 0) is 58.8 Å². The van der Waals surface area contributed by atoms with Crippen LogP contribution in [0, 0.1) is 12.7 Å². The van der Waals surface area contributed by atoms with E-state index in [0.29, 0.717) is 5.56 Å². The minimum absolute atomic E-state index is 0.193. The Hall–Kier alpha value is -2.65. The van der Waals surface area contributed by atoms with Gasteiger partial charge in [-0.3, -0.25) is 0 Å². The summed E-state index contributed by atoms with van der Waals surface area (Å²) >= 11 is 1.70. The third-order valence-corrected chi connectivity index (χ3v) is 4.93. The summed E-state index contributed by atoms with van der Waals surface area (Å²) in [6.45, 7) is 5.90. The first-order valence-corrected chi connectivity index (χ1v) is 8.82. The van der Waals surface area contributed by atoms with Crippen molar-refractivity contribution in [2.45, 2.75) is 6.92 Å². The highest BCUT2D eigenvalue weighted by Crippen LogP contribution is 2.33. The van der Waals surface area contributed by atoms with Crippen molar-refractivity contribution in [3.05, 3.63) is 89.1 Å². The van der Waals surface area contributed by atoms with Crippen molar-refractivity contribution in [3.8, 4) is 16.2 Å². The Morgan fingerprint density at radius 3 is 2.68 bits per heavy atom. The molecule has 3 aromatic rings. The van der Waals surface area contributed by atoms with E-state index in [0.717, 1.165) is 28.0 Å². The molecule has 1 heterocycles. The first-order chi connectivity index (χ1) is 12.1. The van der Waals surface area contributed by atoms with Crippen molar-refractivity contribution < 1.29 is 9.13 Å². The number of hydrogen-bond acceptors (Lipinski definition) is 2. The van der Waals surface area contributed by atoms with E-state index in [1.165, 1.54) is 10.9 Å². The number of ether oxygens (including phenoxy) is 1. The number of aryl methyl sites for hydroxylation is 1. The molecule has 126 valence electrons. The van der Waals surface area contributed by atoms with Crippen molar-refractivity contribution in [1.29, 1.82) is 0 Å². The molecule has 0 atom stereocenters. The van der Waals surface area contributed by atoms with Crippen molar-refractivity contribution >= 4 is 23.0 Å². The van der Waals surface area contributed by atoms with Gasteiger partial charge < -0.3 is 4.74 Å². The van der Waals surface area contributed by atoms with Gasteiger partial charge in [-0.1, -0.05) is 43.0 Å². The SMILES string of the molecule is C=C(/C=C/c1ccc(F)c(C)c1)c1ccc(-c2cccs2)cc1OC. The van der Waals surface area contributed by atoms with Crippen molar-refractivity contribution in [3.63, 3.8) is 0 Å². The van der Waals surface area contributed by atoms with Gasteiger partial charge in [0.1, 0.15) is 11.6 Å². The molecule has 0 aliphatic heterocycles. The lowest BCUT2D eigenvalue weighted by Crippen LogP contribution is -1.90. The van der Waals surface area contributed by atoms with E-state index < -0.39 is 0 Å². The molecule has 0 spiro atoms. The smallest absolute Gasteiger partial charge is 0.127 e. The zero-order valence-electron chi connectivity index (χ0n) is 14.3. The topological polar surface area (TPSA) is 9.23 Å². The van der Waals surface area contributed by atoms with Gasteiger partial charge in [0.2, 0.25) is 0 Å².